The van der Waals surface area contributed by atoms with Crippen LogP contribution in [0, 0.1) is 23.7 Å². The molecule has 0 unspecified atom stereocenters. The van der Waals surface area contributed by atoms with E-state index in [1.54, 1.807) is 0 Å². The number of nitrogens with zero attached hydrogens (tertiary/aromatic N) is 3. The van der Waals surface area contributed by atoms with Gasteiger partial charge in [-0.05, 0) is 155 Å². The number of anilines is 3. The molecule has 3 aromatic carbocycles. The van der Waals surface area contributed by atoms with Gasteiger partial charge < -0.3 is 17.2 Å². The summed E-state index contributed by atoms with van der Waals surface area (Å²) in [6, 6.07) is 24.8. The molecule has 0 aromatic heterocycles. The molecule has 48 heavy (non-hydrogen) atoms. The van der Waals surface area contributed by atoms with Crippen molar-refractivity contribution in [2.45, 2.75) is 92.3 Å². The second-order valence-electron chi connectivity index (χ2n) is 15.2. The monoisotopic (exact) mass is 655 g/mol. The maximum atomic E-state index is 5.70. The second kappa shape index (κ2) is 19.8. The molecule has 0 amide bonds. The highest BCUT2D eigenvalue weighted by molar-refractivity contribution is 5.40. The summed E-state index contributed by atoms with van der Waals surface area (Å²) in [4.78, 5) is 7.65. The Kier molecular flexibility index (Phi) is 15.6. The molecule has 6 heteroatoms. The van der Waals surface area contributed by atoms with E-state index in [1.165, 1.54) is 101 Å². The third kappa shape index (κ3) is 13.4. The first kappa shape index (κ1) is 37.8. The van der Waals surface area contributed by atoms with Crippen molar-refractivity contribution in [2.24, 2.45) is 23.7 Å². The molecular formula is C42H66N6. The van der Waals surface area contributed by atoms with Crippen molar-refractivity contribution in [1.29, 1.82) is 0 Å². The third-order valence-electron chi connectivity index (χ3n) is 10.9. The molecule has 3 aliphatic rings. The molecule has 0 atom stereocenters. The zero-order chi connectivity index (χ0) is 34.3. The highest BCUT2D eigenvalue weighted by Crippen LogP contribution is 2.26. The molecular weight excluding hydrogens is 589 g/mol. The van der Waals surface area contributed by atoms with Crippen molar-refractivity contribution >= 4 is 17.1 Å². The number of hydrogen-bond acceptors (Lipinski definition) is 6. The highest BCUT2D eigenvalue weighted by Gasteiger charge is 2.21. The van der Waals surface area contributed by atoms with Gasteiger partial charge in [0.1, 0.15) is 0 Å². The van der Waals surface area contributed by atoms with Crippen molar-refractivity contribution in [2.75, 3.05) is 56.5 Å². The van der Waals surface area contributed by atoms with E-state index in [1.807, 2.05) is 36.4 Å². The van der Waals surface area contributed by atoms with Gasteiger partial charge in [0, 0.05) is 36.7 Å². The van der Waals surface area contributed by atoms with Gasteiger partial charge in [0.25, 0.3) is 0 Å². The van der Waals surface area contributed by atoms with Crippen molar-refractivity contribution in [1.82, 2.24) is 14.7 Å². The van der Waals surface area contributed by atoms with Gasteiger partial charge in [0.05, 0.1) is 0 Å². The van der Waals surface area contributed by atoms with Crippen molar-refractivity contribution in [3.63, 3.8) is 0 Å². The summed E-state index contributed by atoms with van der Waals surface area (Å²) in [6.45, 7) is 20.1. The average Bonchev–Trinajstić information content (AvgIpc) is 3.10. The van der Waals surface area contributed by atoms with Crippen LogP contribution in [0.1, 0.15) is 89.3 Å². The van der Waals surface area contributed by atoms with Crippen LogP contribution in [0.4, 0.5) is 17.1 Å². The summed E-state index contributed by atoms with van der Waals surface area (Å²) in [7, 11) is 0. The minimum atomic E-state index is 0.841. The predicted octanol–water partition coefficient (Wildman–Crippen LogP) is 8.53. The average molecular weight is 655 g/mol. The van der Waals surface area contributed by atoms with Crippen LogP contribution in [-0.4, -0.2) is 54.0 Å². The van der Waals surface area contributed by atoms with Gasteiger partial charge in [0.15, 0.2) is 0 Å². The molecule has 3 fully saturated rings. The molecule has 0 bridgehead atoms. The second-order valence-corrected chi connectivity index (χ2v) is 15.2. The van der Waals surface area contributed by atoms with Gasteiger partial charge in [-0.1, -0.05) is 70.5 Å². The van der Waals surface area contributed by atoms with Crippen LogP contribution in [0.5, 0.6) is 0 Å². The molecule has 0 spiro atoms. The van der Waals surface area contributed by atoms with Gasteiger partial charge in [0.2, 0.25) is 0 Å². The Morgan fingerprint density at radius 2 is 0.833 bits per heavy atom. The van der Waals surface area contributed by atoms with E-state index < -0.39 is 0 Å². The Bertz CT molecular complexity index is 1270. The molecule has 6 nitrogen and oxygen atoms in total. The zero-order valence-electron chi connectivity index (χ0n) is 30.6. The number of piperidine rings is 3. The lowest BCUT2D eigenvalue weighted by atomic mass is 9.86. The van der Waals surface area contributed by atoms with E-state index in [-0.39, 0.29) is 0 Å². The van der Waals surface area contributed by atoms with Crippen LogP contribution >= 0.6 is 0 Å². The van der Waals surface area contributed by atoms with Gasteiger partial charge in [-0.15, -0.1) is 0 Å². The first-order chi connectivity index (χ1) is 23.2. The number of benzene rings is 3. The number of nitrogens with two attached hydrogens (primary N) is 3. The number of likely N-dealkylation sites (tertiary alicyclic amines) is 3. The van der Waals surface area contributed by atoms with E-state index in [0.29, 0.717) is 0 Å². The number of hydrogen-bond donors (Lipinski definition) is 3. The smallest absolute Gasteiger partial charge is 0.0314 e. The molecule has 3 heterocycles. The van der Waals surface area contributed by atoms with E-state index in [0.717, 1.165) is 60.4 Å². The van der Waals surface area contributed by atoms with E-state index in [2.05, 4.69) is 78.8 Å². The van der Waals surface area contributed by atoms with Crippen LogP contribution < -0.4 is 17.2 Å². The molecule has 264 valence electrons. The lowest BCUT2D eigenvalue weighted by Gasteiger charge is -2.33. The molecule has 6 rings (SSSR count). The van der Waals surface area contributed by atoms with Crippen LogP contribution in [0.3, 0.4) is 0 Å². The molecule has 0 aliphatic carbocycles. The number of nitrogen functional groups attached to an aromatic ring is 3. The first-order valence-electron chi connectivity index (χ1n) is 18.9. The Morgan fingerprint density at radius 3 is 1.15 bits per heavy atom. The predicted molar refractivity (Wildman–Crippen MR) is 207 cm³/mol. The summed E-state index contributed by atoms with van der Waals surface area (Å²) < 4.78 is 0. The fourth-order valence-electron chi connectivity index (χ4n) is 7.19. The molecule has 0 saturated carbocycles. The maximum absolute atomic E-state index is 5.70. The van der Waals surface area contributed by atoms with Crippen molar-refractivity contribution in [3.8, 4) is 0 Å². The minimum absolute atomic E-state index is 0.841. The van der Waals surface area contributed by atoms with E-state index in [9.17, 15) is 0 Å². The largest absolute Gasteiger partial charge is 0.399 e. The van der Waals surface area contributed by atoms with Crippen LogP contribution in [0.2, 0.25) is 0 Å². The lowest BCUT2D eigenvalue weighted by molar-refractivity contribution is 0.152. The van der Waals surface area contributed by atoms with Gasteiger partial charge >= 0.3 is 0 Å². The van der Waals surface area contributed by atoms with E-state index >= 15 is 0 Å². The van der Waals surface area contributed by atoms with Gasteiger partial charge in [-0.3, -0.25) is 14.7 Å². The maximum Gasteiger partial charge on any atom is 0.0314 e. The van der Waals surface area contributed by atoms with E-state index in [4.69, 9.17) is 17.2 Å². The Morgan fingerprint density at radius 1 is 0.521 bits per heavy atom. The van der Waals surface area contributed by atoms with Crippen LogP contribution in [-0.2, 0) is 19.6 Å². The Labute approximate surface area is 293 Å². The standard InChI is InChI=1S/C15H24N2.C14H22N2.C13H20N2/c1-12(2)14-7-9-17(10-8-14)11-13-3-5-15(16)6-4-13;1-2-12-7-9-16(10-8-12)11-13-3-5-14(15)6-4-13;1-11-6-8-15(9-7-11)10-12-2-4-13(14)5-3-12/h3-6,12,14H,7-11,16H2,1-2H3;3-6,12H,2,7-11,15H2,1H3;2-5,11H,6-10,14H2,1H3. The zero-order valence-corrected chi connectivity index (χ0v) is 30.6. The number of rotatable bonds is 8. The van der Waals surface area contributed by atoms with Gasteiger partial charge in [-0.25, -0.2) is 0 Å². The normalized spacial score (nSPS) is 18.9. The van der Waals surface area contributed by atoms with Crippen LogP contribution in [0.15, 0.2) is 72.8 Å². The minimum Gasteiger partial charge on any atom is -0.399 e. The third-order valence-corrected chi connectivity index (χ3v) is 10.9. The van der Waals surface area contributed by atoms with Crippen LogP contribution in [0.25, 0.3) is 0 Å². The highest BCUT2D eigenvalue weighted by atomic mass is 15.1. The summed E-state index contributed by atoms with van der Waals surface area (Å²) >= 11 is 0. The molecule has 0 radical (unpaired) electrons. The lowest BCUT2D eigenvalue weighted by Crippen LogP contribution is -2.34. The molecule has 3 aromatic rings. The quantitative estimate of drug-likeness (QED) is 0.211. The summed E-state index contributed by atoms with van der Waals surface area (Å²) in [5, 5.41) is 0. The van der Waals surface area contributed by atoms with Crippen molar-refractivity contribution < 1.29 is 0 Å². The molecule has 3 saturated heterocycles. The first-order valence-corrected chi connectivity index (χ1v) is 18.9. The summed E-state index contributed by atoms with van der Waals surface area (Å²) in [5.74, 6) is 3.64. The molecule has 3 aliphatic heterocycles. The summed E-state index contributed by atoms with van der Waals surface area (Å²) in [5.41, 5.74) is 23.7. The van der Waals surface area contributed by atoms with Gasteiger partial charge in [-0.2, -0.15) is 0 Å². The SMILES string of the molecule is CC(C)C1CCN(Cc2ccc(N)cc2)CC1.CC1CCN(Cc2ccc(N)cc2)CC1.CCC1CCN(Cc2ccc(N)cc2)CC1. The summed E-state index contributed by atoms with van der Waals surface area (Å²) in [6.07, 6.45) is 9.47. The fraction of sp³-hybridized carbons (Fsp3) is 0.571. The fourth-order valence-corrected chi connectivity index (χ4v) is 7.19. The topological polar surface area (TPSA) is 87.8 Å². The Hall–Kier alpha value is -3.06. The molecule has 6 N–H and O–H groups in total. The van der Waals surface area contributed by atoms with Crippen molar-refractivity contribution in [3.05, 3.63) is 89.5 Å². The Balaban J connectivity index is 0.000000163.